The number of aromatic nitrogens is 2. The third-order valence-electron chi connectivity index (χ3n) is 3.96. The number of esters is 1. The number of aromatic amines is 1. The highest BCUT2D eigenvalue weighted by molar-refractivity contribution is 5.72. The van der Waals surface area contributed by atoms with E-state index in [1.165, 1.54) is 0 Å². The van der Waals surface area contributed by atoms with Crippen LogP contribution in [0, 0.1) is 6.92 Å². The van der Waals surface area contributed by atoms with Crippen molar-refractivity contribution in [1.82, 2.24) is 9.97 Å². The van der Waals surface area contributed by atoms with Crippen molar-refractivity contribution in [3.8, 4) is 5.75 Å². The summed E-state index contributed by atoms with van der Waals surface area (Å²) in [6.45, 7) is 6.60. The van der Waals surface area contributed by atoms with Gasteiger partial charge in [-0.2, -0.15) is 0 Å². The number of ether oxygens (including phenoxy) is 2. The summed E-state index contributed by atoms with van der Waals surface area (Å²) in [5.74, 6) is 0.985. The number of H-pyrrole nitrogens is 1. The van der Waals surface area contributed by atoms with Crippen molar-refractivity contribution in [3.05, 3.63) is 57.3 Å². The number of nitrogens with zero attached hydrogens (tertiary/aromatic N) is 1. The SMILES string of the molecule is CCCCOc1ccc(Cc2nc(C)c(CC(=O)OCC)c(=O)[nH]2)cc1. The minimum absolute atomic E-state index is 0.0634. The van der Waals surface area contributed by atoms with Gasteiger partial charge in [0, 0.05) is 17.7 Å². The molecule has 0 fully saturated rings. The number of carbonyl (C=O) groups is 1. The van der Waals surface area contributed by atoms with E-state index in [0.29, 0.717) is 36.7 Å². The highest BCUT2D eigenvalue weighted by Crippen LogP contribution is 2.14. The first-order valence-electron chi connectivity index (χ1n) is 8.99. The molecule has 0 aliphatic heterocycles. The van der Waals surface area contributed by atoms with E-state index in [1.54, 1.807) is 13.8 Å². The summed E-state index contributed by atoms with van der Waals surface area (Å²) in [6, 6.07) is 7.77. The topological polar surface area (TPSA) is 81.3 Å². The van der Waals surface area contributed by atoms with Crippen LogP contribution in [0.4, 0.5) is 0 Å². The van der Waals surface area contributed by atoms with Gasteiger partial charge in [0.1, 0.15) is 11.6 Å². The molecule has 2 aromatic rings. The average Bonchev–Trinajstić information content (AvgIpc) is 2.60. The van der Waals surface area contributed by atoms with Crippen molar-refractivity contribution in [2.45, 2.75) is 46.5 Å². The summed E-state index contributed by atoms with van der Waals surface area (Å²) in [5, 5.41) is 0. The van der Waals surface area contributed by atoms with Gasteiger partial charge in [0.15, 0.2) is 0 Å². The lowest BCUT2D eigenvalue weighted by Crippen LogP contribution is -2.22. The van der Waals surface area contributed by atoms with Crippen molar-refractivity contribution >= 4 is 5.97 Å². The predicted octanol–water partition coefficient (Wildman–Crippen LogP) is 2.95. The molecule has 1 aromatic carbocycles. The Labute approximate surface area is 153 Å². The van der Waals surface area contributed by atoms with E-state index in [4.69, 9.17) is 9.47 Å². The minimum Gasteiger partial charge on any atom is -0.494 e. The zero-order valence-corrected chi connectivity index (χ0v) is 15.6. The molecule has 1 heterocycles. The average molecular weight is 358 g/mol. The molecule has 2 rings (SSSR count). The van der Waals surface area contributed by atoms with Crippen LogP contribution in [0.3, 0.4) is 0 Å². The highest BCUT2D eigenvalue weighted by atomic mass is 16.5. The van der Waals surface area contributed by atoms with E-state index < -0.39 is 5.97 Å². The monoisotopic (exact) mass is 358 g/mol. The van der Waals surface area contributed by atoms with E-state index in [2.05, 4.69) is 16.9 Å². The molecule has 0 spiro atoms. The van der Waals surface area contributed by atoms with Gasteiger partial charge < -0.3 is 14.5 Å². The summed E-state index contributed by atoms with van der Waals surface area (Å²) in [7, 11) is 0. The molecule has 6 nitrogen and oxygen atoms in total. The van der Waals surface area contributed by atoms with Gasteiger partial charge in [-0.3, -0.25) is 9.59 Å². The van der Waals surface area contributed by atoms with Crippen molar-refractivity contribution in [2.24, 2.45) is 0 Å². The maximum atomic E-state index is 12.3. The van der Waals surface area contributed by atoms with E-state index in [9.17, 15) is 9.59 Å². The van der Waals surface area contributed by atoms with Crippen LogP contribution in [0.15, 0.2) is 29.1 Å². The molecule has 0 bridgehead atoms. The van der Waals surface area contributed by atoms with Crippen LogP contribution in [0.1, 0.15) is 49.3 Å². The van der Waals surface area contributed by atoms with Crippen LogP contribution in [0.5, 0.6) is 5.75 Å². The fourth-order valence-electron chi connectivity index (χ4n) is 2.55. The lowest BCUT2D eigenvalue weighted by molar-refractivity contribution is -0.142. The Hall–Kier alpha value is -2.63. The third kappa shape index (κ3) is 5.72. The molecule has 26 heavy (non-hydrogen) atoms. The number of benzene rings is 1. The molecule has 0 aliphatic carbocycles. The molecule has 1 N–H and O–H groups in total. The number of aryl methyl sites for hydroxylation is 1. The van der Waals surface area contributed by atoms with E-state index >= 15 is 0 Å². The maximum absolute atomic E-state index is 12.3. The number of hydrogen-bond acceptors (Lipinski definition) is 5. The van der Waals surface area contributed by atoms with Crippen molar-refractivity contribution in [1.29, 1.82) is 0 Å². The first-order valence-corrected chi connectivity index (χ1v) is 8.99. The molecule has 0 amide bonds. The molecule has 6 heteroatoms. The van der Waals surface area contributed by atoms with Gasteiger partial charge in [0.2, 0.25) is 0 Å². The Kier molecular flexibility index (Phi) is 7.38. The fourth-order valence-corrected chi connectivity index (χ4v) is 2.55. The number of carbonyl (C=O) groups excluding carboxylic acids is 1. The lowest BCUT2D eigenvalue weighted by Gasteiger charge is -2.08. The van der Waals surface area contributed by atoms with Crippen LogP contribution in [-0.2, 0) is 22.4 Å². The predicted molar refractivity (Wildman–Crippen MR) is 99.6 cm³/mol. The number of unbranched alkanes of at least 4 members (excludes halogenated alkanes) is 1. The van der Waals surface area contributed by atoms with Crippen LogP contribution in [0.25, 0.3) is 0 Å². The van der Waals surface area contributed by atoms with Crippen LogP contribution >= 0.6 is 0 Å². The Morgan fingerprint density at radius 3 is 2.54 bits per heavy atom. The molecule has 0 aliphatic rings. The zero-order chi connectivity index (χ0) is 18.9. The standard InChI is InChI=1S/C20H26N2O4/c1-4-6-11-26-16-9-7-15(8-10-16)12-18-21-14(3)17(20(24)22-18)13-19(23)25-5-2/h7-10H,4-6,11-13H2,1-3H3,(H,21,22,24). The number of nitrogens with one attached hydrogen (secondary N) is 1. The second-order valence-electron chi connectivity index (χ2n) is 6.08. The van der Waals surface area contributed by atoms with Gasteiger partial charge in [-0.15, -0.1) is 0 Å². The summed E-state index contributed by atoms with van der Waals surface area (Å²) >= 11 is 0. The lowest BCUT2D eigenvalue weighted by atomic mass is 10.1. The molecule has 0 atom stereocenters. The molecule has 0 saturated heterocycles. The second kappa shape index (κ2) is 9.75. The van der Waals surface area contributed by atoms with Crippen LogP contribution in [0.2, 0.25) is 0 Å². The highest BCUT2D eigenvalue weighted by Gasteiger charge is 2.13. The van der Waals surface area contributed by atoms with Gasteiger partial charge >= 0.3 is 5.97 Å². The first kappa shape index (κ1) is 19.7. The molecule has 0 radical (unpaired) electrons. The normalized spacial score (nSPS) is 10.6. The van der Waals surface area contributed by atoms with Crippen LogP contribution in [-0.4, -0.2) is 29.2 Å². The molecule has 0 saturated carbocycles. The number of rotatable bonds is 9. The molecule has 140 valence electrons. The van der Waals surface area contributed by atoms with Gasteiger partial charge in [-0.05, 0) is 38.0 Å². The first-order chi connectivity index (χ1) is 12.5. The summed E-state index contributed by atoms with van der Waals surface area (Å²) < 4.78 is 10.5. The van der Waals surface area contributed by atoms with Gasteiger partial charge in [0.25, 0.3) is 5.56 Å². The summed E-state index contributed by atoms with van der Waals surface area (Å²) in [6.07, 6.45) is 2.57. The third-order valence-corrected chi connectivity index (χ3v) is 3.96. The second-order valence-corrected chi connectivity index (χ2v) is 6.08. The van der Waals surface area contributed by atoms with Crippen molar-refractivity contribution < 1.29 is 14.3 Å². The van der Waals surface area contributed by atoms with Crippen LogP contribution < -0.4 is 10.3 Å². The molecular formula is C20H26N2O4. The molecule has 1 aromatic heterocycles. The Morgan fingerprint density at radius 2 is 1.92 bits per heavy atom. The smallest absolute Gasteiger partial charge is 0.310 e. The molecule has 0 unspecified atom stereocenters. The Balaban J connectivity index is 2.05. The van der Waals surface area contributed by atoms with E-state index in [0.717, 1.165) is 24.2 Å². The van der Waals surface area contributed by atoms with Gasteiger partial charge in [0.05, 0.1) is 19.6 Å². The Morgan fingerprint density at radius 1 is 1.19 bits per heavy atom. The minimum atomic E-state index is -0.422. The van der Waals surface area contributed by atoms with Crippen molar-refractivity contribution in [3.63, 3.8) is 0 Å². The largest absolute Gasteiger partial charge is 0.494 e. The fraction of sp³-hybridized carbons (Fsp3) is 0.450. The number of hydrogen-bond donors (Lipinski definition) is 1. The molecular weight excluding hydrogens is 332 g/mol. The summed E-state index contributed by atoms with van der Waals surface area (Å²) in [5.41, 5.74) is 1.64. The van der Waals surface area contributed by atoms with Gasteiger partial charge in [-0.25, -0.2) is 4.98 Å². The van der Waals surface area contributed by atoms with Crippen molar-refractivity contribution in [2.75, 3.05) is 13.2 Å². The quantitative estimate of drug-likeness (QED) is 0.550. The van der Waals surface area contributed by atoms with E-state index in [1.807, 2.05) is 24.3 Å². The zero-order valence-electron chi connectivity index (χ0n) is 15.6. The Bertz CT molecular complexity index is 781. The van der Waals surface area contributed by atoms with Gasteiger partial charge in [-0.1, -0.05) is 25.5 Å². The summed E-state index contributed by atoms with van der Waals surface area (Å²) in [4.78, 5) is 31.1. The maximum Gasteiger partial charge on any atom is 0.310 e. The van der Waals surface area contributed by atoms with E-state index in [-0.39, 0.29) is 12.0 Å².